The van der Waals surface area contributed by atoms with E-state index in [4.69, 9.17) is 0 Å². The smallest absolute Gasteiger partial charge is 0.0925 e. The predicted octanol–water partition coefficient (Wildman–Crippen LogP) is 4.36. The molecule has 0 bridgehead atoms. The second kappa shape index (κ2) is 4.38. The molecule has 0 aromatic rings. The van der Waals surface area contributed by atoms with E-state index in [1.54, 1.807) is 0 Å². The first-order valence-corrected chi connectivity index (χ1v) is 8.73. The highest BCUT2D eigenvalue weighted by atomic mass is 16.3. The van der Waals surface area contributed by atoms with Crippen molar-refractivity contribution in [3.63, 3.8) is 0 Å². The van der Waals surface area contributed by atoms with Gasteiger partial charge in [-0.05, 0) is 78.8 Å². The molecule has 2 heteroatoms. The topological polar surface area (TPSA) is 40.5 Å². The average Bonchev–Trinajstić information content (AvgIpc) is 2.76. The number of aliphatic hydroxyl groups is 2. The van der Waals surface area contributed by atoms with Crippen molar-refractivity contribution < 1.29 is 10.2 Å². The Hall–Kier alpha value is -0.760. The van der Waals surface area contributed by atoms with Crippen molar-refractivity contribution in [3.8, 4) is 0 Å². The zero-order valence-corrected chi connectivity index (χ0v) is 13.3. The van der Waals surface area contributed by atoms with E-state index in [9.17, 15) is 10.2 Å². The van der Waals surface area contributed by atoms with Gasteiger partial charge in [-0.1, -0.05) is 19.9 Å². The summed E-state index contributed by atoms with van der Waals surface area (Å²) < 4.78 is 0. The van der Waals surface area contributed by atoms with E-state index in [0.717, 1.165) is 37.5 Å². The number of fused-ring (bicyclic) bond motifs is 5. The molecule has 116 valence electrons. The summed E-state index contributed by atoms with van der Waals surface area (Å²) in [5.74, 6) is 2.74. The van der Waals surface area contributed by atoms with Crippen molar-refractivity contribution >= 4 is 0 Å². The fourth-order valence-electron chi connectivity index (χ4n) is 6.28. The molecule has 0 aliphatic heterocycles. The molecule has 4 aliphatic carbocycles. The van der Waals surface area contributed by atoms with Crippen LogP contribution in [0.4, 0.5) is 0 Å². The number of aliphatic hydroxyl groups excluding tert-OH is 2. The Balaban J connectivity index is 1.72. The molecular formula is C19H28O2. The lowest BCUT2D eigenvalue weighted by molar-refractivity contribution is -0.0632. The Morgan fingerprint density at radius 2 is 1.90 bits per heavy atom. The predicted molar refractivity (Wildman–Crippen MR) is 83.8 cm³/mol. The Bertz CT molecular complexity index is 520. The van der Waals surface area contributed by atoms with E-state index in [1.165, 1.54) is 24.8 Å². The molecule has 0 saturated heterocycles. The molecule has 6 atom stereocenters. The summed E-state index contributed by atoms with van der Waals surface area (Å²) >= 11 is 0. The fraction of sp³-hybridized carbons (Fsp3) is 0.789. The molecule has 2 nitrogen and oxygen atoms in total. The zero-order chi connectivity index (χ0) is 14.8. The maximum atomic E-state index is 10.4. The van der Waals surface area contributed by atoms with Gasteiger partial charge in [0.25, 0.3) is 0 Å². The third-order valence-corrected chi connectivity index (χ3v) is 7.70. The summed E-state index contributed by atoms with van der Waals surface area (Å²) in [4.78, 5) is 0. The molecule has 0 aromatic carbocycles. The first-order valence-electron chi connectivity index (χ1n) is 8.73. The lowest BCUT2D eigenvalue weighted by Gasteiger charge is -2.56. The summed E-state index contributed by atoms with van der Waals surface area (Å²) in [6, 6.07) is 0. The van der Waals surface area contributed by atoms with Gasteiger partial charge in [0.2, 0.25) is 0 Å². The lowest BCUT2D eigenvalue weighted by Crippen LogP contribution is -2.50. The Morgan fingerprint density at radius 3 is 2.71 bits per heavy atom. The number of rotatable bonds is 0. The Morgan fingerprint density at radius 1 is 1.10 bits per heavy atom. The summed E-state index contributed by atoms with van der Waals surface area (Å²) in [6.45, 7) is 4.76. The molecule has 2 saturated carbocycles. The van der Waals surface area contributed by atoms with Crippen molar-refractivity contribution in [2.75, 3.05) is 0 Å². The largest absolute Gasteiger partial charge is 0.512 e. The molecule has 4 aliphatic rings. The van der Waals surface area contributed by atoms with E-state index in [1.807, 2.05) is 6.08 Å². The molecule has 0 radical (unpaired) electrons. The number of hydrogen-bond acceptors (Lipinski definition) is 2. The van der Waals surface area contributed by atoms with E-state index in [0.29, 0.717) is 11.7 Å². The monoisotopic (exact) mass is 288 g/mol. The van der Waals surface area contributed by atoms with Gasteiger partial charge in [-0.2, -0.15) is 0 Å². The maximum Gasteiger partial charge on any atom is 0.0925 e. The Labute approximate surface area is 127 Å². The highest BCUT2D eigenvalue weighted by Crippen LogP contribution is 2.64. The second-order valence-electron chi connectivity index (χ2n) is 8.46. The van der Waals surface area contributed by atoms with Crippen LogP contribution in [0.25, 0.3) is 0 Å². The van der Waals surface area contributed by atoms with Crippen LogP contribution < -0.4 is 0 Å². The van der Waals surface area contributed by atoms with Gasteiger partial charge in [-0.15, -0.1) is 0 Å². The van der Waals surface area contributed by atoms with Gasteiger partial charge in [0.15, 0.2) is 0 Å². The minimum Gasteiger partial charge on any atom is -0.512 e. The molecule has 2 fully saturated rings. The third-order valence-electron chi connectivity index (χ3n) is 7.70. The van der Waals surface area contributed by atoms with Gasteiger partial charge in [-0.25, -0.2) is 0 Å². The van der Waals surface area contributed by atoms with Gasteiger partial charge >= 0.3 is 0 Å². The highest BCUT2D eigenvalue weighted by Gasteiger charge is 2.57. The summed E-state index contributed by atoms with van der Waals surface area (Å²) in [5, 5.41) is 20.3. The van der Waals surface area contributed by atoms with E-state index in [2.05, 4.69) is 19.9 Å². The number of hydrogen-bond donors (Lipinski definition) is 2. The van der Waals surface area contributed by atoms with Gasteiger partial charge in [-0.3, -0.25) is 0 Å². The van der Waals surface area contributed by atoms with Crippen LogP contribution in [-0.4, -0.2) is 16.3 Å². The molecule has 0 aromatic heterocycles. The first kappa shape index (κ1) is 13.9. The van der Waals surface area contributed by atoms with Crippen LogP contribution >= 0.6 is 0 Å². The molecule has 2 N–H and O–H groups in total. The second-order valence-corrected chi connectivity index (χ2v) is 8.46. The van der Waals surface area contributed by atoms with Crippen LogP contribution in [0.15, 0.2) is 23.5 Å². The molecular weight excluding hydrogens is 260 g/mol. The van der Waals surface area contributed by atoms with Crippen molar-refractivity contribution in [3.05, 3.63) is 23.5 Å². The van der Waals surface area contributed by atoms with Crippen LogP contribution in [0.3, 0.4) is 0 Å². The third kappa shape index (κ3) is 1.75. The van der Waals surface area contributed by atoms with Crippen LogP contribution in [-0.2, 0) is 0 Å². The first-order chi connectivity index (χ1) is 9.95. The summed E-state index contributed by atoms with van der Waals surface area (Å²) in [5.41, 5.74) is 1.80. The van der Waals surface area contributed by atoms with E-state index >= 15 is 0 Å². The SMILES string of the molecule is C[C@]12CCC(O)=CC1=CC[C@@H]1[C@@H]2CC[C@]2(C)C(O)CC[C@@H]12. The van der Waals surface area contributed by atoms with Crippen LogP contribution in [0.2, 0.25) is 0 Å². The molecule has 4 rings (SSSR count). The van der Waals surface area contributed by atoms with Crippen molar-refractivity contribution in [2.45, 2.75) is 64.9 Å². The molecule has 0 spiro atoms. The van der Waals surface area contributed by atoms with E-state index in [-0.39, 0.29) is 16.9 Å². The van der Waals surface area contributed by atoms with Crippen molar-refractivity contribution in [1.29, 1.82) is 0 Å². The molecule has 1 unspecified atom stereocenters. The quantitative estimate of drug-likeness (QED) is 0.695. The van der Waals surface area contributed by atoms with Gasteiger partial charge < -0.3 is 10.2 Å². The minimum absolute atomic E-state index is 0.0862. The van der Waals surface area contributed by atoms with Gasteiger partial charge in [0.1, 0.15) is 0 Å². The molecule has 21 heavy (non-hydrogen) atoms. The number of allylic oxidation sites excluding steroid dienone is 4. The molecule has 0 amide bonds. The van der Waals surface area contributed by atoms with Crippen molar-refractivity contribution in [1.82, 2.24) is 0 Å². The zero-order valence-electron chi connectivity index (χ0n) is 13.3. The molecule has 0 heterocycles. The normalized spacial score (nSPS) is 52.3. The lowest BCUT2D eigenvalue weighted by atomic mass is 9.48. The fourth-order valence-corrected chi connectivity index (χ4v) is 6.28. The maximum absolute atomic E-state index is 10.4. The summed E-state index contributed by atoms with van der Waals surface area (Å²) in [6.07, 6.45) is 12.1. The average molecular weight is 288 g/mol. The van der Waals surface area contributed by atoms with Gasteiger partial charge in [0, 0.05) is 6.42 Å². The van der Waals surface area contributed by atoms with Crippen LogP contribution in [0, 0.1) is 28.6 Å². The van der Waals surface area contributed by atoms with Gasteiger partial charge in [0.05, 0.1) is 11.9 Å². The Kier molecular flexibility index (Phi) is 2.89. The minimum atomic E-state index is -0.0862. The van der Waals surface area contributed by atoms with Crippen LogP contribution in [0.5, 0.6) is 0 Å². The van der Waals surface area contributed by atoms with Crippen molar-refractivity contribution in [2.24, 2.45) is 28.6 Å². The van der Waals surface area contributed by atoms with E-state index < -0.39 is 0 Å². The van der Waals surface area contributed by atoms with Crippen LogP contribution in [0.1, 0.15) is 58.8 Å². The standard InChI is InChI=1S/C19H28O2/c1-18-9-7-13(20)11-12(18)3-4-14-15-5-6-17(21)19(15,2)10-8-16(14)18/h3,11,14-17,20-21H,4-10H2,1-2H3/t14-,15-,16-,17?,18-,19-/m0/s1. The summed E-state index contributed by atoms with van der Waals surface area (Å²) in [7, 11) is 0. The highest BCUT2D eigenvalue weighted by molar-refractivity contribution is 5.35.